The van der Waals surface area contributed by atoms with Crippen molar-refractivity contribution in [2.45, 2.75) is 60.4 Å². The topological polar surface area (TPSA) is 64.7 Å². The van der Waals surface area contributed by atoms with E-state index in [1.165, 1.54) is 5.56 Å². The lowest BCUT2D eigenvalue weighted by molar-refractivity contribution is -0.120. The molecule has 6 heteroatoms. The molecule has 0 aliphatic carbocycles. The minimum absolute atomic E-state index is 0.0574. The molecule has 0 aliphatic rings. The number of aromatic nitrogens is 4. The van der Waals surface area contributed by atoms with Crippen molar-refractivity contribution in [3.05, 3.63) is 64.7 Å². The fourth-order valence-electron chi connectivity index (χ4n) is 3.70. The van der Waals surface area contributed by atoms with E-state index < -0.39 is 0 Å². The van der Waals surface area contributed by atoms with Crippen molar-refractivity contribution in [1.29, 1.82) is 0 Å². The molecule has 2 aromatic heterocycles. The molecule has 160 valence electrons. The van der Waals surface area contributed by atoms with Crippen LogP contribution in [0.15, 0.2) is 36.5 Å². The van der Waals surface area contributed by atoms with Crippen molar-refractivity contribution in [2.75, 3.05) is 6.54 Å². The fraction of sp³-hybridized carbons (Fsp3) is 0.458. The number of hydrogen-bond acceptors (Lipinski definition) is 3. The summed E-state index contributed by atoms with van der Waals surface area (Å²) in [6, 6.07) is 10.1. The zero-order valence-corrected chi connectivity index (χ0v) is 18.8. The smallest absolute Gasteiger partial charge is 0.224 e. The zero-order chi connectivity index (χ0) is 21.7. The molecule has 3 rings (SSSR count). The van der Waals surface area contributed by atoms with Gasteiger partial charge in [0.15, 0.2) is 0 Å². The molecule has 1 amide bonds. The molecule has 30 heavy (non-hydrogen) atoms. The lowest BCUT2D eigenvalue weighted by atomic mass is 10.1. The second kappa shape index (κ2) is 9.74. The van der Waals surface area contributed by atoms with Gasteiger partial charge in [-0.1, -0.05) is 32.0 Å². The Hall–Kier alpha value is -2.89. The lowest BCUT2D eigenvalue weighted by Crippen LogP contribution is -2.26. The van der Waals surface area contributed by atoms with Crippen LogP contribution in [-0.4, -0.2) is 32.0 Å². The van der Waals surface area contributed by atoms with E-state index in [0.717, 1.165) is 47.7 Å². The molecule has 3 aromatic rings. The first-order chi connectivity index (χ1) is 14.3. The molecular weight excluding hydrogens is 374 g/mol. The SMILES string of the molecule is Cc1nn(-c2ccccc2)cc1CCCNC(=O)Cc1c(C)nn(CC(C)C)c1C. The highest BCUT2D eigenvalue weighted by Gasteiger charge is 2.15. The van der Waals surface area contributed by atoms with E-state index in [0.29, 0.717) is 18.9 Å². The van der Waals surface area contributed by atoms with Gasteiger partial charge in [0, 0.05) is 30.5 Å². The number of carbonyl (C=O) groups excluding carboxylic acids is 1. The average Bonchev–Trinajstić information content (AvgIpc) is 3.20. The maximum absolute atomic E-state index is 12.5. The Morgan fingerprint density at radius 3 is 2.50 bits per heavy atom. The number of nitrogens with zero attached hydrogens (tertiary/aromatic N) is 4. The summed E-state index contributed by atoms with van der Waals surface area (Å²) in [6.07, 6.45) is 4.25. The molecule has 2 heterocycles. The van der Waals surface area contributed by atoms with Crippen molar-refractivity contribution in [3.8, 4) is 5.69 Å². The summed E-state index contributed by atoms with van der Waals surface area (Å²) < 4.78 is 3.94. The largest absolute Gasteiger partial charge is 0.356 e. The highest BCUT2D eigenvalue weighted by Crippen LogP contribution is 2.16. The minimum Gasteiger partial charge on any atom is -0.356 e. The van der Waals surface area contributed by atoms with E-state index in [1.807, 2.05) is 53.5 Å². The molecule has 0 bridgehead atoms. The predicted molar refractivity (Wildman–Crippen MR) is 120 cm³/mol. The van der Waals surface area contributed by atoms with E-state index in [9.17, 15) is 4.79 Å². The third-order valence-corrected chi connectivity index (χ3v) is 5.37. The quantitative estimate of drug-likeness (QED) is 0.547. The number of aryl methyl sites for hydroxylation is 3. The standard InChI is InChI=1S/C24H33N5O/c1-17(2)15-28-20(5)23(19(4)27-28)14-24(30)25-13-9-10-21-16-29(26-18(21)3)22-11-7-6-8-12-22/h6-8,11-12,16-17H,9-10,13-15H2,1-5H3,(H,25,30). The van der Waals surface area contributed by atoms with E-state index in [2.05, 4.69) is 42.5 Å². The number of amides is 1. The van der Waals surface area contributed by atoms with Crippen molar-refractivity contribution >= 4 is 5.91 Å². The molecule has 0 saturated carbocycles. The van der Waals surface area contributed by atoms with Gasteiger partial charge in [-0.15, -0.1) is 0 Å². The van der Waals surface area contributed by atoms with E-state index >= 15 is 0 Å². The second-order valence-corrected chi connectivity index (χ2v) is 8.38. The summed E-state index contributed by atoms with van der Waals surface area (Å²) in [5.41, 5.74) is 6.41. The summed E-state index contributed by atoms with van der Waals surface area (Å²) in [5.74, 6) is 0.585. The molecule has 0 saturated heterocycles. The zero-order valence-electron chi connectivity index (χ0n) is 18.8. The van der Waals surface area contributed by atoms with Crippen LogP contribution in [-0.2, 0) is 24.2 Å². The molecule has 1 N–H and O–H groups in total. The van der Waals surface area contributed by atoms with Gasteiger partial charge in [-0.05, 0) is 57.2 Å². The van der Waals surface area contributed by atoms with Crippen LogP contribution in [0.5, 0.6) is 0 Å². The maximum Gasteiger partial charge on any atom is 0.224 e. The Bertz CT molecular complexity index is 985. The van der Waals surface area contributed by atoms with E-state index in [-0.39, 0.29) is 5.91 Å². The number of para-hydroxylation sites is 1. The summed E-state index contributed by atoms with van der Waals surface area (Å²) in [5, 5.41) is 12.3. The first kappa shape index (κ1) is 21.8. The Labute approximate surface area is 179 Å². The number of carbonyl (C=O) groups is 1. The first-order valence-corrected chi connectivity index (χ1v) is 10.7. The van der Waals surface area contributed by atoms with Crippen LogP contribution in [0, 0.1) is 26.7 Å². The minimum atomic E-state index is 0.0574. The number of nitrogens with one attached hydrogen (secondary N) is 1. The fourth-order valence-corrected chi connectivity index (χ4v) is 3.70. The Balaban J connectivity index is 1.49. The molecule has 0 spiro atoms. The van der Waals surface area contributed by atoms with Crippen LogP contribution < -0.4 is 5.32 Å². The molecule has 0 radical (unpaired) electrons. The number of benzene rings is 1. The molecule has 0 fully saturated rings. The predicted octanol–water partition coefficient (Wildman–Crippen LogP) is 3.94. The molecule has 1 aromatic carbocycles. The van der Waals surface area contributed by atoms with Gasteiger partial charge in [-0.2, -0.15) is 10.2 Å². The Morgan fingerprint density at radius 1 is 1.07 bits per heavy atom. The van der Waals surface area contributed by atoms with E-state index in [1.54, 1.807) is 0 Å². The van der Waals surface area contributed by atoms with Gasteiger partial charge in [0.2, 0.25) is 5.91 Å². The molecule has 0 aliphatic heterocycles. The summed E-state index contributed by atoms with van der Waals surface area (Å²) in [4.78, 5) is 12.5. The van der Waals surface area contributed by atoms with Crippen molar-refractivity contribution < 1.29 is 4.79 Å². The molecule has 0 atom stereocenters. The monoisotopic (exact) mass is 407 g/mol. The van der Waals surface area contributed by atoms with Crippen LogP contribution in [0.4, 0.5) is 0 Å². The second-order valence-electron chi connectivity index (χ2n) is 8.38. The summed E-state index contributed by atoms with van der Waals surface area (Å²) >= 11 is 0. The van der Waals surface area contributed by atoms with Crippen molar-refractivity contribution in [1.82, 2.24) is 24.9 Å². The molecule has 0 unspecified atom stereocenters. The van der Waals surface area contributed by atoms with Gasteiger partial charge in [0.25, 0.3) is 0 Å². The highest BCUT2D eigenvalue weighted by molar-refractivity contribution is 5.79. The van der Waals surface area contributed by atoms with Crippen LogP contribution >= 0.6 is 0 Å². The molecule has 6 nitrogen and oxygen atoms in total. The van der Waals surface area contributed by atoms with Crippen molar-refractivity contribution in [2.24, 2.45) is 5.92 Å². The van der Waals surface area contributed by atoms with Gasteiger partial charge in [0.05, 0.1) is 23.5 Å². The molecular formula is C24H33N5O. The van der Waals surface area contributed by atoms with Crippen LogP contribution in [0.1, 0.15) is 48.5 Å². The van der Waals surface area contributed by atoms with Gasteiger partial charge in [0.1, 0.15) is 0 Å². The van der Waals surface area contributed by atoms with Crippen LogP contribution in [0.25, 0.3) is 5.69 Å². The third kappa shape index (κ3) is 5.38. The maximum atomic E-state index is 12.5. The highest BCUT2D eigenvalue weighted by atomic mass is 16.1. The van der Waals surface area contributed by atoms with Crippen LogP contribution in [0.3, 0.4) is 0 Å². The first-order valence-electron chi connectivity index (χ1n) is 10.7. The number of rotatable bonds is 9. The Morgan fingerprint density at radius 2 is 1.80 bits per heavy atom. The average molecular weight is 408 g/mol. The van der Waals surface area contributed by atoms with Crippen LogP contribution in [0.2, 0.25) is 0 Å². The third-order valence-electron chi connectivity index (χ3n) is 5.37. The lowest BCUT2D eigenvalue weighted by Gasteiger charge is -2.08. The van der Waals surface area contributed by atoms with Gasteiger partial charge in [-0.25, -0.2) is 4.68 Å². The summed E-state index contributed by atoms with van der Waals surface area (Å²) in [6.45, 7) is 12.0. The van der Waals surface area contributed by atoms with E-state index in [4.69, 9.17) is 0 Å². The number of hydrogen-bond donors (Lipinski definition) is 1. The van der Waals surface area contributed by atoms with Gasteiger partial charge < -0.3 is 5.32 Å². The summed E-state index contributed by atoms with van der Waals surface area (Å²) in [7, 11) is 0. The van der Waals surface area contributed by atoms with Gasteiger partial charge in [-0.3, -0.25) is 9.48 Å². The Kier molecular flexibility index (Phi) is 7.08. The van der Waals surface area contributed by atoms with Gasteiger partial charge >= 0.3 is 0 Å². The normalized spacial score (nSPS) is 11.3. The van der Waals surface area contributed by atoms with Crippen molar-refractivity contribution in [3.63, 3.8) is 0 Å².